The number of hydrogen-bond donors (Lipinski definition) is 1. The van der Waals surface area contributed by atoms with Crippen LogP contribution in [0.1, 0.15) is 15.9 Å². The van der Waals surface area contributed by atoms with Crippen molar-refractivity contribution in [3.8, 4) is 22.1 Å². The fourth-order valence-electron chi connectivity index (χ4n) is 2.48. The fourth-order valence-corrected chi connectivity index (χ4v) is 3.54. The zero-order valence-electron chi connectivity index (χ0n) is 12.9. The lowest BCUT2D eigenvalue weighted by Gasteiger charge is -2.07. The van der Waals surface area contributed by atoms with Gasteiger partial charge in [-0.15, -0.1) is 11.3 Å². The van der Waals surface area contributed by atoms with Crippen molar-refractivity contribution < 1.29 is 19.4 Å². The standard InChI is InChI=1S/C17H15NO4S/c1-9-14(17(19)20)12(22-3)8-13-15(9)18-16(23-13)10-4-6-11(21-2)7-5-10/h4-8H,1-3H3,(H,19,20). The molecule has 0 fully saturated rings. The van der Waals surface area contributed by atoms with E-state index in [0.29, 0.717) is 16.8 Å². The second kappa shape index (κ2) is 5.89. The summed E-state index contributed by atoms with van der Waals surface area (Å²) in [7, 11) is 3.09. The smallest absolute Gasteiger partial charge is 0.339 e. The molecular weight excluding hydrogens is 314 g/mol. The van der Waals surface area contributed by atoms with Gasteiger partial charge in [0.15, 0.2) is 0 Å². The molecule has 1 N–H and O–H groups in total. The number of aromatic carboxylic acids is 1. The molecule has 118 valence electrons. The molecule has 2 aromatic carbocycles. The van der Waals surface area contributed by atoms with E-state index in [0.717, 1.165) is 21.0 Å². The minimum absolute atomic E-state index is 0.159. The lowest BCUT2D eigenvalue weighted by molar-refractivity contribution is 0.0692. The van der Waals surface area contributed by atoms with Crippen LogP contribution in [0.5, 0.6) is 11.5 Å². The van der Waals surface area contributed by atoms with Gasteiger partial charge in [0.05, 0.1) is 24.4 Å². The van der Waals surface area contributed by atoms with Crippen molar-refractivity contribution in [2.45, 2.75) is 6.92 Å². The lowest BCUT2D eigenvalue weighted by Crippen LogP contribution is -2.03. The maximum atomic E-state index is 11.5. The Morgan fingerprint density at radius 2 is 1.87 bits per heavy atom. The number of rotatable bonds is 4. The second-order valence-corrected chi connectivity index (χ2v) is 6.01. The van der Waals surface area contributed by atoms with Crippen LogP contribution in [0.25, 0.3) is 20.8 Å². The van der Waals surface area contributed by atoms with E-state index in [1.807, 2.05) is 24.3 Å². The second-order valence-electron chi connectivity index (χ2n) is 4.98. The van der Waals surface area contributed by atoms with E-state index >= 15 is 0 Å². The molecule has 0 atom stereocenters. The lowest BCUT2D eigenvalue weighted by atomic mass is 10.1. The van der Waals surface area contributed by atoms with Crippen LogP contribution in [-0.2, 0) is 0 Å². The number of ether oxygens (including phenoxy) is 2. The van der Waals surface area contributed by atoms with Gasteiger partial charge >= 0.3 is 5.97 Å². The van der Waals surface area contributed by atoms with Gasteiger partial charge in [-0.1, -0.05) is 0 Å². The highest BCUT2D eigenvalue weighted by Gasteiger charge is 2.20. The topological polar surface area (TPSA) is 68.7 Å². The van der Waals surface area contributed by atoms with E-state index in [1.165, 1.54) is 18.4 Å². The third kappa shape index (κ3) is 2.61. The molecule has 6 heteroatoms. The molecule has 0 bridgehead atoms. The molecule has 23 heavy (non-hydrogen) atoms. The van der Waals surface area contributed by atoms with Crippen LogP contribution in [0, 0.1) is 6.92 Å². The van der Waals surface area contributed by atoms with Gasteiger partial charge in [0, 0.05) is 11.6 Å². The Morgan fingerprint density at radius 3 is 2.43 bits per heavy atom. The van der Waals surface area contributed by atoms with Gasteiger partial charge in [0.2, 0.25) is 0 Å². The van der Waals surface area contributed by atoms with Gasteiger partial charge in [-0.2, -0.15) is 0 Å². The number of aryl methyl sites for hydroxylation is 1. The maximum Gasteiger partial charge on any atom is 0.339 e. The van der Waals surface area contributed by atoms with Crippen molar-refractivity contribution in [2.24, 2.45) is 0 Å². The van der Waals surface area contributed by atoms with E-state index in [9.17, 15) is 9.90 Å². The number of methoxy groups -OCH3 is 2. The first-order valence-corrected chi connectivity index (χ1v) is 7.72. The summed E-state index contributed by atoms with van der Waals surface area (Å²) in [6.45, 7) is 1.76. The molecule has 0 amide bonds. The van der Waals surface area contributed by atoms with Crippen LogP contribution in [0.2, 0.25) is 0 Å². The minimum atomic E-state index is -1.01. The average molecular weight is 329 g/mol. The number of thiazole rings is 1. The first kappa shape index (κ1) is 15.3. The number of carbonyl (C=O) groups is 1. The van der Waals surface area contributed by atoms with Crippen molar-refractivity contribution in [2.75, 3.05) is 14.2 Å². The molecule has 0 aliphatic heterocycles. The Morgan fingerprint density at radius 1 is 1.17 bits per heavy atom. The summed E-state index contributed by atoms with van der Waals surface area (Å²) in [5, 5.41) is 10.2. The fraction of sp³-hybridized carbons (Fsp3) is 0.176. The van der Waals surface area contributed by atoms with Crippen LogP contribution in [-0.4, -0.2) is 30.3 Å². The van der Waals surface area contributed by atoms with Gasteiger partial charge in [-0.25, -0.2) is 9.78 Å². The summed E-state index contributed by atoms with van der Waals surface area (Å²) in [4.78, 5) is 16.1. The minimum Gasteiger partial charge on any atom is -0.497 e. The number of hydrogen-bond acceptors (Lipinski definition) is 5. The molecule has 0 aliphatic rings. The van der Waals surface area contributed by atoms with Crippen LogP contribution in [0.4, 0.5) is 0 Å². The third-order valence-electron chi connectivity index (χ3n) is 3.66. The van der Waals surface area contributed by atoms with Crippen LogP contribution in [0.15, 0.2) is 30.3 Å². The van der Waals surface area contributed by atoms with Crippen LogP contribution < -0.4 is 9.47 Å². The molecular formula is C17H15NO4S. The monoisotopic (exact) mass is 329 g/mol. The van der Waals surface area contributed by atoms with Crippen molar-refractivity contribution in [1.29, 1.82) is 0 Å². The molecule has 0 aliphatic carbocycles. The Bertz CT molecular complexity index is 884. The summed E-state index contributed by atoms with van der Waals surface area (Å²) in [5.41, 5.74) is 2.43. The quantitative estimate of drug-likeness (QED) is 0.784. The number of carboxylic acid groups (broad SMARTS) is 1. The first-order chi connectivity index (χ1) is 11.0. The molecule has 0 spiro atoms. The molecule has 3 aromatic rings. The van der Waals surface area contributed by atoms with Crippen LogP contribution in [0.3, 0.4) is 0 Å². The highest BCUT2D eigenvalue weighted by atomic mass is 32.1. The van der Waals surface area contributed by atoms with Gasteiger partial charge < -0.3 is 14.6 Å². The summed E-state index contributed by atoms with van der Waals surface area (Å²) in [6.07, 6.45) is 0. The summed E-state index contributed by atoms with van der Waals surface area (Å²) in [6, 6.07) is 9.34. The molecule has 0 unspecified atom stereocenters. The molecule has 1 heterocycles. The van der Waals surface area contributed by atoms with Crippen molar-refractivity contribution in [3.63, 3.8) is 0 Å². The van der Waals surface area contributed by atoms with E-state index < -0.39 is 5.97 Å². The Balaban J connectivity index is 2.18. The Kier molecular flexibility index (Phi) is 3.92. The highest BCUT2D eigenvalue weighted by molar-refractivity contribution is 7.21. The summed E-state index contributed by atoms with van der Waals surface area (Å²) >= 11 is 1.50. The number of benzene rings is 2. The summed E-state index contributed by atoms with van der Waals surface area (Å²) < 4.78 is 11.3. The largest absolute Gasteiger partial charge is 0.497 e. The zero-order chi connectivity index (χ0) is 16.6. The van der Waals surface area contributed by atoms with Crippen molar-refractivity contribution >= 4 is 27.5 Å². The van der Waals surface area contributed by atoms with Gasteiger partial charge in [-0.3, -0.25) is 0 Å². The van der Waals surface area contributed by atoms with E-state index in [1.54, 1.807) is 20.1 Å². The Labute approximate surface area is 137 Å². The van der Waals surface area contributed by atoms with Crippen molar-refractivity contribution in [3.05, 3.63) is 41.5 Å². The van der Waals surface area contributed by atoms with Crippen LogP contribution >= 0.6 is 11.3 Å². The van der Waals surface area contributed by atoms with E-state index in [4.69, 9.17) is 9.47 Å². The zero-order valence-corrected chi connectivity index (χ0v) is 13.7. The number of nitrogens with zero attached hydrogens (tertiary/aromatic N) is 1. The third-order valence-corrected chi connectivity index (χ3v) is 4.71. The van der Waals surface area contributed by atoms with Gasteiger partial charge in [0.1, 0.15) is 22.1 Å². The molecule has 1 aromatic heterocycles. The van der Waals surface area contributed by atoms with E-state index in [-0.39, 0.29) is 5.56 Å². The van der Waals surface area contributed by atoms with Gasteiger partial charge in [0.25, 0.3) is 0 Å². The molecule has 3 rings (SSSR count). The maximum absolute atomic E-state index is 11.5. The molecule has 0 saturated carbocycles. The number of fused-ring (bicyclic) bond motifs is 1. The SMILES string of the molecule is COc1ccc(-c2nc3c(C)c(C(=O)O)c(OC)cc3s2)cc1. The molecule has 5 nitrogen and oxygen atoms in total. The Hall–Kier alpha value is -2.60. The molecule has 0 saturated heterocycles. The predicted octanol–water partition coefficient (Wildman–Crippen LogP) is 3.99. The molecule has 0 radical (unpaired) electrons. The number of carboxylic acids is 1. The number of aromatic nitrogens is 1. The predicted molar refractivity (Wildman–Crippen MR) is 89.9 cm³/mol. The highest BCUT2D eigenvalue weighted by Crippen LogP contribution is 2.37. The summed E-state index contributed by atoms with van der Waals surface area (Å²) in [5.74, 6) is 0.119. The van der Waals surface area contributed by atoms with E-state index in [2.05, 4.69) is 4.98 Å². The first-order valence-electron chi connectivity index (χ1n) is 6.91. The average Bonchev–Trinajstić information content (AvgIpc) is 2.98. The normalized spacial score (nSPS) is 10.7. The van der Waals surface area contributed by atoms with Gasteiger partial charge in [-0.05, 0) is 36.8 Å². The van der Waals surface area contributed by atoms with Crippen molar-refractivity contribution in [1.82, 2.24) is 4.98 Å².